The van der Waals surface area contributed by atoms with Crippen molar-refractivity contribution in [1.82, 2.24) is 15.2 Å². The molecule has 3 heterocycles. The van der Waals surface area contributed by atoms with Crippen LogP contribution in [-0.2, 0) is 6.42 Å². The minimum atomic E-state index is 0.940. The lowest BCUT2D eigenvalue weighted by molar-refractivity contribution is 0.244. The van der Waals surface area contributed by atoms with Crippen molar-refractivity contribution in [1.29, 1.82) is 0 Å². The van der Waals surface area contributed by atoms with Gasteiger partial charge in [0.15, 0.2) is 0 Å². The van der Waals surface area contributed by atoms with Crippen molar-refractivity contribution in [2.75, 3.05) is 32.7 Å². The maximum absolute atomic E-state index is 5.52. The number of nitrogens with one attached hydrogen (secondary N) is 1. The first kappa shape index (κ1) is 10.7. The van der Waals surface area contributed by atoms with Crippen LogP contribution in [0.1, 0.15) is 5.56 Å². The number of nitrogens with zero attached hydrogens (tertiary/aromatic N) is 2. The quantitative estimate of drug-likeness (QED) is 0.864. The van der Waals surface area contributed by atoms with Gasteiger partial charge in [0.25, 0.3) is 0 Å². The van der Waals surface area contributed by atoms with Crippen LogP contribution in [0, 0.1) is 0 Å². The van der Waals surface area contributed by atoms with E-state index in [2.05, 4.69) is 15.2 Å². The zero-order chi connectivity index (χ0) is 11.5. The molecule has 3 rings (SSSR count). The third-order valence-corrected chi connectivity index (χ3v) is 3.36. The SMILES string of the molecule is c1cc2occ(CCN3CCNCC3)c2cn1. The summed E-state index contributed by atoms with van der Waals surface area (Å²) < 4.78 is 5.52. The van der Waals surface area contributed by atoms with Crippen LogP contribution in [0.3, 0.4) is 0 Å². The second-order valence-corrected chi connectivity index (χ2v) is 4.47. The molecule has 17 heavy (non-hydrogen) atoms. The summed E-state index contributed by atoms with van der Waals surface area (Å²) in [6.07, 6.45) is 6.57. The van der Waals surface area contributed by atoms with Gasteiger partial charge in [-0.15, -0.1) is 0 Å². The highest BCUT2D eigenvalue weighted by Gasteiger charge is 2.11. The summed E-state index contributed by atoms with van der Waals surface area (Å²) in [4.78, 5) is 6.65. The fourth-order valence-electron chi connectivity index (χ4n) is 2.33. The summed E-state index contributed by atoms with van der Waals surface area (Å²) in [5, 5.41) is 4.52. The molecule has 0 saturated carbocycles. The van der Waals surface area contributed by atoms with Crippen molar-refractivity contribution < 1.29 is 4.42 Å². The monoisotopic (exact) mass is 231 g/mol. The first-order chi connectivity index (χ1) is 8.43. The summed E-state index contributed by atoms with van der Waals surface area (Å²) in [5.74, 6) is 0. The predicted octanol–water partition coefficient (Wildman–Crippen LogP) is 1.28. The van der Waals surface area contributed by atoms with Crippen LogP contribution in [0.15, 0.2) is 29.1 Å². The summed E-state index contributed by atoms with van der Waals surface area (Å²) in [6, 6.07) is 1.92. The van der Waals surface area contributed by atoms with Crippen molar-refractivity contribution in [3.8, 4) is 0 Å². The lowest BCUT2D eigenvalue weighted by Gasteiger charge is -2.26. The Morgan fingerprint density at radius 2 is 2.24 bits per heavy atom. The highest BCUT2D eigenvalue weighted by molar-refractivity contribution is 5.79. The Balaban J connectivity index is 1.68. The number of fused-ring (bicyclic) bond motifs is 1. The van der Waals surface area contributed by atoms with E-state index in [9.17, 15) is 0 Å². The molecular weight excluding hydrogens is 214 g/mol. The zero-order valence-electron chi connectivity index (χ0n) is 9.85. The van der Waals surface area contributed by atoms with Crippen LogP contribution in [0.5, 0.6) is 0 Å². The van der Waals surface area contributed by atoms with Gasteiger partial charge in [0.05, 0.1) is 6.26 Å². The number of aromatic nitrogens is 1. The number of furan rings is 1. The van der Waals surface area contributed by atoms with Gasteiger partial charge in [-0.1, -0.05) is 0 Å². The standard InChI is InChI=1S/C13H17N3O/c1-3-15-9-12-11(10-17-13(1)12)2-6-16-7-4-14-5-8-16/h1,3,9-10,14H,2,4-8H2. The van der Waals surface area contributed by atoms with Crippen molar-refractivity contribution in [2.45, 2.75) is 6.42 Å². The average Bonchev–Trinajstić information content (AvgIpc) is 2.81. The van der Waals surface area contributed by atoms with Crippen molar-refractivity contribution in [3.63, 3.8) is 0 Å². The highest BCUT2D eigenvalue weighted by atomic mass is 16.3. The molecule has 1 aliphatic heterocycles. The van der Waals surface area contributed by atoms with Gasteiger partial charge in [0.2, 0.25) is 0 Å². The van der Waals surface area contributed by atoms with Gasteiger partial charge >= 0.3 is 0 Å². The van der Waals surface area contributed by atoms with E-state index in [0.29, 0.717) is 0 Å². The fraction of sp³-hybridized carbons (Fsp3) is 0.462. The van der Waals surface area contributed by atoms with Crippen molar-refractivity contribution in [3.05, 3.63) is 30.3 Å². The van der Waals surface area contributed by atoms with E-state index in [1.54, 1.807) is 6.20 Å². The van der Waals surface area contributed by atoms with Crippen LogP contribution >= 0.6 is 0 Å². The fourth-order valence-corrected chi connectivity index (χ4v) is 2.33. The Kier molecular flexibility index (Phi) is 3.07. The van der Waals surface area contributed by atoms with Gasteiger partial charge in [-0.2, -0.15) is 0 Å². The van der Waals surface area contributed by atoms with E-state index in [-0.39, 0.29) is 0 Å². The Morgan fingerprint density at radius 1 is 1.35 bits per heavy atom. The van der Waals surface area contributed by atoms with E-state index in [1.807, 2.05) is 18.5 Å². The van der Waals surface area contributed by atoms with Crippen LogP contribution in [0.4, 0.5) is 0 Å². The van der Waals surface area contributed by atoms with Gasteiger partial charge in [-0.05, 0) is 12.5 Å². The molecule has 4 nitrogen and oxygen atoms in total. The maximum atomic E-state index is 5.52. The third kappa shape index (κ3) is 2.33. The van der Waals surface area contributed by atoms with Gasteiger partial charge in [0, 0.05) is 56.1 Å². The highest BCUT2D eigenvalue weighted by Crippen LogP contribution is 2.20. The third-order valence-electron chi connectivity index (χ3n) is 3.36. The second kappa shape index (κ2) is 4.85. The van der Waals surface area contributed by atoms with E-state index in [4.69, 9.17) is 4.42 Å². The zero-order valence-corrected chi connectivity index (χ0v) is 9.85. The molecule has 0 radical (unpaired) electrons. The molecule has 0 spiro atoms. The molecule has 1 fully saturated rings. The Bertz CT molecular complexity index is 488. The van der Waals surface area contributed by atoms with E-state index in [0.717, 1.165) is 50.1 Å². The largest absolute Gasteiger partial charge is 0.464 e. The lowest BCUT2D eigenvalue weighted by atomic mass is 10.1. The summed E-state index contributed by atoms with van der Waals surface area (Å²) in [7, 11) is 0. The molecule has 2 aromatic heterocycles. The Labute approximate surface area is 101 Å². The van der Waals surface area contributed by atoms with Crippen LogP contribution in [0.25, 0.3) is 11.0 Å². The maximum Gasteiger partial charge on any atom is 0.137 e. The molecule has 0 aliphatic carbocycles. The van der Waals surface area contributed by atoms with Gasteiger partial charge in [-0.3, -0.25) is 4.98 Å². The molecule has 1 aliphatic rings. The molecule has 0 aromatic carbocycles. The summed E-state index contributed by atoms with van der Waals surface area (Å²) in [6.45, 7) is 5.61. The summed E-state index contributed by atoms with van der Waals surface area (Å²) >= 11 is 0. The second-order valence-electron chi connectivity index (χ2n) is 4.47. The topological polar surface area (TPSA) is 41.3 Å². The van der Waals surface area contributed by atoms with Crippen LogP contribution in [-0.4, -0.2) is 42.6 Å². The van der Waals surface area contributed by atoms with E-state index < -0.39 is 0 Å². The lowest BCUT2D eigenvalue weighted by Crippen LogP contribution is -2.44. The van der Waals surface area contributed by atoms with Crippen molar-refractivity contribution >= 4 is 11.0 Å². The number of hydrogen-bond donors (Lipinski definition) is 1. The van der Waals surface area contributed by atoms with Crippen molar-refractivity contribution in [2.24, 2.45) is 0 Å². The molecular formula is C13H17N3O. The molecule has 1 saturated heterocycles. The van der Waals surface area contributed by atoms with Gasteiger partial charge in [-0.25, -0.2) is 0 Å². The van der Waals surface area contributed by atoms with E-state index >= 15 is 0 Å². The molecule has 4 heteroatoms. The average molecular weight is 231 g/mol. The van der Waals surface area contributed by atoms with Crippen LogP contribution < -0.4 is 5.32 Å². The minimum absolute atomic E-state index is 0.940. The predicted molar refractivity (Wildman–Crippen MR) is 67.0 cm³/mol. The first-order valence-electron chi connectivity index (χ1n) is 6.16. The van der Waals surface area contributed by atoms with Gasteiger partial charge in [0.1, 0.15) is 5.58 Å². The Hall–Kier alpha value is -1.39. The summed E-state index contributed by atoms with van der Waals surface area (Å²) in [5.41, 5.74) is 2.21. The smallest absolute Gasteiger partial charge is 0.137 e. The van der Waals surface area contributed by atoms with Gasteiger partial charge < -0.3 is 14.6 Å². The van der Waals surface area contributed by atoms with Crippen LogP contribution in [0.2, 0.25) is 0 Å². The number of hydrogen-bond acceptors (Lipinski definition) is 4. The number of rotatable bonds is 3. The molecule has 0 amide bonds. The minimum Gasteiger partial charge on any atom is -0.464 e. The molecule has 0 unspecified atom stereocenters. The Morgan fingerprint density at radius 3 is 3.12 bits per heavy atom. The van der Waals surface area contributed by atoms with E-state index in [1.165, 1.54) is 5.56 Å². The first-order valence-corrected chi connectivity index (χ1v) is 6.16. The number of piperazine rings is 1. The number of pyridine rings is 1. The molecule has 0 atom stereocenters. The molecule has 0 bridgehead atoms. The molecule has 2 aromatic rings. The molecule has 90 valence electrons. The molecule has 1 N–H and O–H groups in total. The normalized spacial score (nSPS) is 17.6.